The third kappa shape index (κ3) is 8.51. The van der Waals surface area contributed by atoms with Crippen molar-refractivity contribution in [2.45, 2.75) is 55.6 Å². The van der Waals surface area contributed by atoms with Crippen LogP contribution in [0.15, 0.2) is 114 Å². The first-order chi connectivity index (χ1) is 22.8. The Morgan fingerprint density at radius 1 is 0.787 bits per heavy atom. The van der Waals surface area contributed by atoms with Crippen molar-refractivity contribution in [3.8, 4) is 11.5 Å². The maximum atomic E-state index is 14.6. The molecule has 2 amide bonds. The third-order valence-electron chi connectivity index (χ3n) is 8.43. The molecule has 4 aromatic carbocycles. The molecule has 5 rings (SSSR count). The molecule has 1 fully saturated rings. The monoisotopic (exact) mass is 655 g/mol. The zero-order valence-electron chi connectivity index (χ0n) is 26.7. The van der Waals surface area contributed by atoms with Crippen molar-refractivity contribution in [1.82, 2.24) is 10.2 Å². The molecule has 47 heavy (non-hydrogen) atoms. The Bertz CT molecular complexity index is 1730. The van der Waals surface area contributed by atoms with Gasteiger partial charge in [0.05, 0.1) is 24.8 Å². The summed E-state index contributed by atoms with van der Waals surface area (Å²) in [5.74, 6) is 0.365. The van der Waals surface area contributed by atoms with E-state index in [4.69, 9.17) is 9.47 Å². The number of hydrogen-bond donors (Lipinski definition) is 1. The number of hydrogen-bond acceptors (Lipinski definition) is 6. The Hall–Kier alpha value is -4.83. The van der Waals surface area contributed by atoms with Crippen LogP contribution < -0.4 is 19.1 Å². The summed E-state index contributed by atoms with van der Waals surface area (Å²) in [6.07, 6.45) is 4.09. The Balaban J connectivity index is 1.57. The number of ether oxygens (including phenoxy) is 2. The summed E-state index contributed by atoms with van der Waals surface area (Å²) in [4.78, 5) is 30.3. The maximum Gasteiger partial charge on any atom is 0.264 e. The summed E-state index contributed by atoms with van der Waals surface area (Å²) < 4.78 is 40.1. The zero-order valence-corrected chi connectivity index (χ0v) is 27.6. The number of anilines is 1. The lowest BCUT2D eigenvalue weighted by atomic mass is 10.0. The average Bonchev–Trinajstić information content (AvgIpc) is 3.62. The molecule has 1 aliphatic rings. The van der Waals surface area contributed by atoms with E-state index in [1.807, 2.05) is 54.6 Å². The molecule has 0 heterocycles. The summed E-state index contributed by atoms with van der Waals surface area (Å²) in [7, 11) is -1.09. The van der Waals surface area contributed by atoms with Crippen molar-refractivity contribution in [1.29, 1.82) is 0 Å². The molecular weight excluding hydrogens is 614 g/mol. The lowest BCUT2D eigenvalue weighted by Crippen LogP contribution is -2.54. The first-order valence-corrected chi connectivity index (χ1v) is 17.2. The highest BCUT2D eigenvalue weighted by Crippen LogP contribution is 2.27. The first kappa shape index (κ1) is 33.5. The molecule has 246 valence electrons. The fourth-order valence-corrected chi connectivity index (χ4v) is 7.32. The molecule has 1 atom stereocenters. The summed E-state index contributed by atoms with van der Waals surface area (Å²) in [6, 6.07) is 30.5. The number of nitrogens with one attached hydrogen (secondary N) is 1. The van der Waals surface area contributed by atoms with E-state index >= 15 is 0 Å². The predicted octanol–water partition coefficient (Wildman–Crippen LogP) is 5.60. The number of nitrogens with zero attached hydrogens (tertiary/aromatic N) is 2. The molecule has 0 aromatic heterocycles. The second kappa shape index (κ2) is 15.6. The number of benzene rings is 4. The Morgan fingerprint density at radius 2 is 1.40 bits per heavy atom. The maximum absolute atomic E-state index is 14.6. The fourth-order valence-electron chi connectivity index (χ4n) is 5.89. The van der Waals surface area contributed by atoms with Crippen molar-refractivity contribution in [2.24, 2.45) is 0 Å². The van der Waals surface area contributed by atoms with Crippen molar-refractivity contribution >= 4 is 27.5 Å². The van der Waals surface area contributed by atoms with Gasteiger partial charge in [-0.15, -0.1) is 0 Å². The SMILES string of the molecule is COc1ccc(N(CC(=O)N(Cc2cccc(OC)c2)[C@H](Cc2ccccc2)C(=O)NC2CCCC2)S(=O)(=O)c2ccccc2)cc1. The van der Waals surface area contributed by atoms with Crippen LogP contribution >= 0.6 is 0 Å². The topological polar surface area (TPSA) is 105 Å². The summed E-state index contributed by atoms with van der Waals surface area (Å²) in [5.41, 5.74) is 1.91. The quantitative estimate of drug-likeness (QED) is 0.190. The van der Waals surface area contributed by atoms with Gasteiger partial charge in [-0.3, -0.25) is 13.9 Å². The Labute approximate surface area is 277 Å². The van der Waals surface area contributed by atoms with E-state index in [-0.39, 0.29) is 29.8 Å². The van der Waals surface area contributed by atoms with Gasteiger partial charge in [-0.05, 0) is 72.5 Å². The van der Waals surface area contributed by atoms with Gasteiger partial charge >= 0.3 is 0 Å². The lowest BCUT2D eigenvalue weighted by molar-refractivity contribution is -0.140. The van der Waals surface area contributed by atoms with Crippen LogP contribution in [-0.2, 0) is 32.6 Å². The smallest absolute Gasteiger partial charge is 0.264 e. The van der Waals surface area contributed by atoms with Crippen molar-refractivity contribution < 1.29 is 27.5 Å². The minimum Gasteiger partial charge on any atom is -0.497 e. The summed E-state index contributed by atoms with van der Waals surface area (Å²) in [6.45, 7) is -0.469. The van der Waals surface area contributed by atoms with Gasteiger partial charge < -0.3 is 19.7 Å². The van der Waals surface area contributed by atoms with Crippen molar-refractivity contribution in [3.05, 3.63) is 120 Å². The van der Waals surface area contributed by atoms with Gasteiger partial charge in [0.15, 0.2) is 0 Å². The molecule has 9 nitrogen and oxygen atoms in total. The van der Waals surface area contributed by atoms with Gasteiger partial charge in [-0.2, -0.15) is 0 Å². The summed E-state index contributed by atoms with van der Waals surface area (Å²) >= 11 is 0. The number of sulfonamides is 1. The van der Waals surface area contributed by atoms with Gasteiger partial charge in [0.25, 0.3) is 10.0 Å². The van der Waals surface area contributed by atoms with Crippen LogP contribution in [0.4, 0.5) is 5.69 Å². The van der Waals surface area contributed by atoms with E-state index in [0.717, 1.165) is 41.1 Å². The van der Waals surface area contributed by atoms with E-state index in [9.17, 15) is 18.0 Å². The van der Waals surface area contributed by atoms with Crippen molar-refractivity contribution in [3.63, 3.8) is 0 Å². The zero-order chi connectivity index (χ0) is 33.2. The Kier molecular flexibility index (Phi) is 11.2. The molecule has 0 bridgehead atoms. The van der Waals surface area contributed by atoms with E-state index < -0.39 is 28.5 Å². The van der Waals surface area contributed by atoms with E-state index in [2.05, 4.69) is 5.32 Å². The normalized spacial score (nSPS) is 13.8. The van der Waals surface area contributed by atoms with Gasteiger partial charge in [0.2, 0.25) is 11.8 Å². The molecule has 0 spiro atoms. The number of amides is 2. The lowest BCUT2D eigenvalue weighted by Gasteiger charge is -2.34. The second-order valence-corrected chi connectivity index (χ2v) is 13.5. The van der Waals surface area contributed by atoms with E-state index in [1.165, 1.54) is 24.1 Å². The number of rotatable bonds is 14. The molecule has 1 aliphatic carbocycles. The summed E-state index contributed by atoms with van der Waals surface area (Å²) in [5, 5.41) is 3.19. The predicted molar refractivity (Wildman–Crippen MR) is 182 cm³/mol. The average molecular weight is 656 g/mol. The molecule has 10 heteroatoms. The highest BCUT2D eigenvalue weighted by atomic mass is 32.2. The van der Waals surface area contributed by atoms with Gasteiger partial charge in [-0.25, -0.2) is 8.42 Å². The fraction of sp³-hybridized carbons (Fsp3) is 0.297. The molecular formula is C37H41N3O6S. The van der Waals surface area contributed by atoms with E-state index in [1.54, 1.807) is 49.6 Å². The largest absolute Gasteiger partial charge is 0.497 e. The third-order valence-corrected chi connectivity index (χ3v) is 10.2. The minimum atomic E-state index is -4.18. The van der Waals surface area contributed by atoms with Gasteiger partial charge in [-0.1, -0.05) is 73.5 Å². The standard InChI is InChI=1S/C37H41N3O6S/c1-45-32-22-20-31(21-23-32)40(47(43,44)34-18-7-4-8-19-34)27-36(41)39(26-29-14-11-17-33(24-29)46-2)35(25-28-12-5-3-6-13-28)37(42)38-30-15-9-10-16-30/h3-8,11-14,17-24,30,35H,9-10,15-16,25-27H2,1-2H3,(H,38,42)/t35-/m1/s1. The van der Waals surface area contributed by atoms with Crippen LogP contribution in [0.1, 0.15) is 36.8 Å². The Morgan fingerprint density at radius 3 is 2.04 bits per heavy atom. The molecule has 0 radical (unpaired) electrons. The van der Waals surface area contributed by atoms with Crippen LogP contribution in [0.5, 0.6) is 11.5 Å². The van der Waals surface area contributed by atoms with E-state index in [0.29, 0.717) is 17.2 Å². The molecule has 1 N–H and O–H groups in total. The molecule has 4 aromatic rings. The van der Waals surface area contributed by atoms with Gasteiger partial charge in [0.1, 0.15) is 24.1 Å². The van der Waals surface area contributed by atoms with Gasteiger partial charge in [0, 0.05) is 19.0 Å². The van der Waals surface area contributed by atoms with Crippen LogP contribution in [-0.4, -0.2) is 58.0 Å². The first-order valence-electron chi connectivity index (χ1n) is 15.8. The highest BCUT2D eigenvalue weighted by molar-refractivity contribution is 7.92. The van der Waals surface area contributed by atoms with Crippen LogP contribution in [0.3, 0.4) is 0 Å². The van der Waals surface area contributed by atoms with Crippen LogP contribution in [0.2, 0.25) is 0 Å². The van der Waals surface area contributed by atoms with Crippen LogP contribution in [0, 0.1) is 0 Å². The molecule has 0 unspecified atom stereocenters. The minimum absolute atomic E-state index is 0.0313. The van der Waals surface area contributed by atoms with Crippen molar-refractivity contribution in [2.75, 3.05) is 25.1 Å². The molecule has 0 aliphatic heterocycles. The highest BCUT2D eigenvalue weighted by Gasteiger charge is 2.35. The number of methoxy groups -OCH3 is 2. The molecule has 0 saturated heterocycles. The van der Waals surface area contributed by atoms with Crippen LogP contribution in [0.25, 0.3) is 0 Å². The second-order valence-electron chi connectivity index (χ2n) is 11.6. The number of carbonyl (C=O) groups is 2. The molecule has 1 saturated carbocycles. The number of carbonyl (C=O) groups excluding carboxylic acids is 2.